The van der Waals surface area contributed by atoms with Crippen LogP contribution in [0.1, 0.15) is 18.2 Å². The Morgan fingerprint density at radius 2 is 1.96 bits per heavy atom. The van der Waals surface area contributed by atoms with Gasteiger partial charge in [0, 0.05) is 30.5 Å². The molecule has 0 aliphatic carbocycles. The lowest BCUT2D eigenvalue weighted by atomic mass is 10.2. The van der Waals surface area contributed by atoms with Gasteiger partial charge in [-0.05, 0) is 24.6 Å². The predicted molar refractivity (Wildman–Crippen MR) is 118 cm³/mol. The second-order valence-electron chi connectivity index (χ2n) is 5.19. The zero-order valence-corrected chi connectivity index (χ0v) is 18.8. The maximum absolute atomic E-state index is 4.61. The van der Waals surface area contributed by atoms with E-state index in [4.69, 9.17) is 0 Å². The van der Waals surface area contributed by atoms with E-state index >= 15 is 0 Å². The van der Waals surface area contributed by atoms with E-state index in [1.807, 2.05) is 31.1 Å². The van der Waals surface area contributed by atoms with Crippen molar-refractivity contribution in [3.8, 4) is 0 Å². The standard InChI is InChI=1S/C16H22BrN5S.HI/c1-4-18-15(19-9-12-5-7-13(17)8-6-12)20-10-14-11-23-16(21-14)22(2)3;/h5-8,11H,4,9-10H2,1-3H3,(H2,18,19,20);1H. The van der Waals surface area contributed by atoms with Gasteiger partial charge in [-0.1, -0.05) is 28.1 Å². The number of hydrogen-bond acceptors (Lipinski definition) is 4. The van der Waals surface area contributed by atoms with Crippen molar-refractivity contribution in [1.82, 2.24) is 15.6 Å². The van der Waals surface area contributed by atoms with Crippen LogP contribution in [-0.4, -0.2) is 31.6 Å². The largest absolute Gasteiger partial charge is 0.357 e. The van der Waals surface area contributed by atoms with Gasteiger partial charge in [-0.2, -0.15) is 0 Å². The van der Waals surface area contributed by atoms with E-state index in [9.17, 15) is 0 Å². The molecular weight excluding hydrogens is 501 g/mol. The number of anilines is 1. The minimum atomic E-state index is 0. The minimum Gasteiger partial charge on any atom is -0.357 e. The molecule has 0 fully saturated rings. The van der Waals surface area contributed by atoms with E-state index in [-0.39, 0.29) is 24.0 Å². The number of guanidine groups is 1. The molecule has 1 aromatic heterocycles. The predicted octanol–water partition coefficient (Wildman–Crippen LogP) is 3.84. The highest BCUT2D eigenvalue weighted by molar-refractivity contribution is 14.0. The molecule has 0 saturated heterocycles. The molecule has 0 aliphatic heterocycles. The van der Waals surface area contributed by atoms with Crippen LogP contribution < -0.4 is 15.5 Å². The number of benzene rings is 1. The van der Waals surface area contributed by atoms with Crippen LogP contribution >= 0.6 is 51.2 Å². The van der Waals surface area contributed by atoms with Crippen molar-refractivity contribution in [3.05, 3.63) is 45.4 Å². The van der Waals surface area contributed by atoms with Gasteiger partial charge in [0.05, 0.1) is 18.8 Å². The van der Waals surface area contributed by atoms with Crippen molar-refractivity contribution in [2.75, 3.05) is 25.5 Å². The Hall–Kier alpha value is -0.870. The molecule has 1 aromatic carbocycles. The molecule has 0 radical (unpaired) electrons. The maximum Gasteiger partial charge on any atom is 0.191 e. The summed E-state index contributed by atoms with van der Waals surface area (Å²) in [6, 6.07) is 8.20. The highest BCUT2D eigenvalue weighted by atomic mass is 127. The van der Waals surface area contributed by atoms with Crippen molar-refractivity contribution in [2.24, 2.45) is 4.99 Å². The second kappa shape index (κ2) is 10.9. The molecule has 0 bridgehead atoms. The van der Waals surface area contributed by atoms with Gasteiger partial charge in [0.1, 0.15) is 0 Å². The first-order valence-electron chi connectivity index (χ1n) is 7.47. The summed E-state index contributed by atoms with van der Waals surface area (Å²) >= 11 is 5.09. The maximum atomic E-state index is 4.61. The third-order valence-corrected chi connectivity index (χ3v) is 4.62. The summed E-state index contributed by atoms with van der Waals surface area (Å²) in [4.78, 5) is 11.2. The van der Waals surface area contributed by atoms with E-state index in [0.717, 1.165) is 27.8 Å². The van der Waals surface area contributed by atoms with Crippen LogP contribution in [0.15, 0.2) is 39.1 Å². The summed E-state index contributed by atoms with van der Waals surface area (Å²) in [5.41, 5.74) is 2.20. The molecule has 0 unspecified atom stereocenters. The molecule has 2 N–H and O–H groups in total. The summed E-state index contributed by atoms with van der Waals surface area (Å²) in [6.07, 6.45) is 0. The first kappa shape index (κ1) is 21.2. The van der Waals surface area contributed by atoms with Gasteiger partial charge in [0.2, 0.25) is 0 Å². The fourth-order valence-corrected chi connectivity index (χ4v) is 2.88. The summed E-state index contributed by atoms with van der Waals surface area (Å²) in [7, 11) is 4.00. The Kier molecular flexibility index (Phi) is 9.60. The van der Waals surface area contributed by atoms with E-state index in [2.05, 4.69) is 61.0 Å². The molecular formula is C16H23BrIN5S. The van der Waals surface area contributed by atoms with Crippen LogP contribution in [-0.2, 0) is 13.1 Å². The number of aromatic nitrogens is 1. The number of aliphatic imine (C=N–C) groups is 1. The van der Waals surface area contributed by atoms with Gasteiger partial charge in [0.25, 0.3) is 0 Å². The number of nitrogens with one attached hydrogen (secondary N) is 2. The Morgan fingerprint density at radius 1 is 1.25 bits per heavy atom. The third kappa shape index (κ3) is 6.94. The zero-order valence-electron chi connectivity index (χ0n) is 14.0. The van der Waals surface area contributed by atoms with Crippen LogP contribution in [0.3, 0.4) is 0 Å². The number of hydrogen-bond donors (Lipinski definition) is 2. The monoisotopic (exact) mass is 523 g/mol. The lowest BCUT2D eigenvalue weighted by molar-refractivity contribution is 0.803. The molecule has 24 heavy (non-hydrogen) atoms. The first-order valence-corrected chi connectivity index (χ1v) is 9.14. The van der Waals surface area contributed by atoms with Crippen LogP contribution in [0.4, 0.5) is 5.13 Å². The third-order valence-electron chi connectivity index (χ3n) is 3.04. The summed E-state index contributed by atoms with van der Waals surface area (Å²) in [5.74, 6) is 0.801. The Morgan fingerprint density at radius 3 is 2.54 bits per heavy atom. The van der Waals surface area contributed by atoms with Gasteiger partial charge in [-0.15, -0.1) is 35.3 Å². The van der Waals surface area contributed by atoms with Crippen LogP contribution in [0, 0.1) is 0 Å². The first-order chi connectivity index (χ1) is 11.1. The molecule has 0 atom stereocenters. The molecule has 5 nitrogen and oxygen atoms in total. The highest BCUT2D eigenvalue weighted by Gasteiger charge is 2.04. The topological polar surface area (TPSA) is 52.6 Å². The average molecular weight is 524 g/mol. The molecule has 0 spiro atoms. The van der Waals surface area contributed by atoms with Crippen molar-refractivity contribution < 1.29 is 0 Å². The average Bonchev–Trinajstić information content (AvgIpc) is 3.01. The summed E-state index contributed by atoms with van der Waals surface area (Å²) < 4.78 is 1.08. The fraction of sp³-hybridized carbons (Fsp3) is 0.375. The van der Waals surface area contributed by atoms with Crippen molar-refractivity contribution in [1.29, 1.82) is 0 Å². The molecule has 2 rings (SSSR count). The molecule has 1 heterocycles. The van der Waals surface area contributed by atoms with E-state index in [0.29, 0.717) is 13.1 Å². The molecule has 2 aromatic rings. The SMILES string of the molecule is CCNC(=NCc1ccc(Br)cc1)NCc1csc(N(C)C)n1.I. The lowest BCUT2D eigenvalue weighted by Crippen LogP contribution is -2.36. The molecule has 0 saturated carbocycles. The molecule has 0 amide bonds. The van der Waals surface area contributed by atoms with Gasteiger partial charge in [-0.3, -0.25) is 0 Å². The molecule has 132 valence electrons. The quantitative estimate of drug-likeness (QED) is 0.343. The van der Waals surface area contributed by atoms with E-state index in [1.165, 1.54) is 5.56 Å². The van der Waals surface area contributed by atoms with Crippen LogP contribution in [0.25, 0.3) is 0 Å². The minimum absolute atomic E-state index is 0. The summed E-state index contributed by atoms with van der Waals surface area (Å²) in [6.45, 7) is 4.19. The van der Waals surface area contributed by atoms with Gasteiger partial charge in [-0.25, -0.2) is 9.98 Å². The molecule has 0 aliphatic rings. The fourth-order valence-electron chi connectivity index (χ4n) is 1.86. The van der Waals surface area contributed by atoms with E-state index < -0.39 is 0 Å². The lowest BCUT2D eigenvalue weighted by Gasteiger charge is -2.10. The number of halogens is 2. The van der Waals surface area contributed by atoms with Crippen molar-refractivity contribution in [2.45, 2.75) is 20.0 Å². The Bertz CT molecular complexity index is 642. The van der Waals surface area contributed by atoms with E-state index in [1.54, 1.807) is 11.3 Å². The van der Waals surface area contributed by atoms with Gasteiger partial charge in [0.15, 0.2) is 11.1 Å². The zero-order chi connectivity index (χ0) is 16.7. The summed E-state index contributed by atoms with van der Waals surface area (Å²) in [5, 5.41) is 9.67. The van der Waals surface area contributed by atoms with Gasteiger partial charge < -0.3 is 15.5 Å². The molecule has 8 heteroatoms. The highest BCUT2D eigenvalue weighted by Crippen LogP contribution is 2.17. The number of rotatable bonds is 6. The Balaban J connectivity index is 0.00000288. The normalized spacial score (nSPS) is 10.9. The van der Waals surface area contributed by atoms with Crippen LogP contribution in [0.2, 0.25) is 0 Å². The van der Waals surface area contributed by atoms with Crippen molar-refractivity contribution >= 4 is 62.3 Å². The second-order valence-corrected chi connectivity index (χ2v) is 6.94. The number of nitrogens with zero attached hydrogens (tertiary/aromatic N) is 3. The Labute approximate surface area is 173 Å². The van der Waals surface area contributed by atoms with Crippen molar-refractivity contribution in [3.63, 3.8) is 0 Å². The van der Waals surface area contributed by atoms with Crippen LogP contribution in [0.5, 0.6) is 0 Å². The van der Waals surface area contributed by atoms with Gasteiger partial charge >= 0.3 is 0 Å². The smallest absolute Gasteiger partial charge is 0.191 e. The number of thiazole rings is 1.